The topological polar surface area (TPSA) is 116 Å². The SMILES string of the molecule is COc1ccccc1Oc1c(Cl)nc(-c2ncccn2)nc1NS(=O)(=O)c1ccc(SC)cc1. The molecule has 2 heterocycles. The van der Waals surface area contributed by atoms with Gasteiger partial charge < -0.3 is 9.47 Å². The van der Waals surface area contributed by atoms with E-state index in [1.807, 2.05) is 6.26 Å². The Morgan fingerprint density at radius 2 is 1.59 bits per heavy atom. The molecule has 2 aromatic carbocycles. The number of sulfonamides is 1. The maximum Gasteiger partial charge on any atom is 0.263 e. The molecule has 0 amide bonds. The predicted octanol–water partition coefficient (Wildman–Crippen LogP) is 4.91. The number of methoxy groups -OCH3 is 1. The van der Waals surface area contributed by atoms with Crippen LogP contribution >= 0.6 is 23.4 Å². The largest absolute Gasteiger partial charge is 0.493 e. The molecule has 0 aliphatic carbocycles. The van der Waals surface area contributed by atoms with E-state index in [9.17, 15) is 8.42 Å². The lowest BCUT2D eigenvalue weighted by Crippen LogP contribution is -2.15. The van der Waals surface area contributed by atoms with E-state index in [-0.39, 0.29) is 33.3 Å². The van der Waals surface area contributed by atoms with Crippen LogP contribution in [0.3, 0.4) is 0 Å². The summed E-state index contributed by atoms with van der Waals surface area (Å²) in [7, 11) is -2.56. The van der Waals surface area contributed by atoms with Gasteiger partial charge in [0.25, 0.3) is 10.0 Å². The third kappa shape index (κ3) is 5.22. The summed E-state index contributed by atoms with van der Waals surface area (Å²) in [5.74, 6) is 0.614. The minimum atomic E-state index is -4.04. The molecule has 0 saturated heterocycles. The summed E-state index contributed by atoms with van der Waals surface area (Å²) in [5, 5.41) is -0.140. The maximum atomic E-state index is 13.2. The number of rotatable bonds is 8. The van der Waals surface area contributed by atoms with Gasteiger partial charge in [-0.15, -0.1) is 11.8 Å². The van der Waals surface area contributed by atoms with Crippen LogP contribution in [0.25, 0.3) is 11.6 Å². The summed E-state index contributed by atoms with van der Waals surface area (Å²) < 4.78 is 40.0. The standard InChI is InChI=1S/C22H18ClN5O4S2/c1-31-16-6-3-4-7-17(16)32-18-19(23)26-22(21-24-12-5-13-25-21)27-20(18)28-34(29,30)15-10-8-14(33-2)9-11-15/h3-13H,1-2H3,(H,26,27,28). The Bertz CT molecular complexity index is 1400. The smallest absolute Gasteiger partial charge is 0.263 e. The Labute approximate surface area is 205 Å². The molecule has 1 N–H and O–H groups in total. The number of hydrogen-bond acceptors (Lipinski definition) is 9. The van der Waals surface area contributed by atoms with Crippen LogP contribution in [-0.2, 0) is 10.0 Å². The van der Waals surface area contributed by atoms with Crippen molar-refractivity contribution >= 4 is 39.2 Å². The van der Waals surface area contributed by atoms with Crippen molar-refractivity contribution in [2.75, 3.05) is 18.1 Å². The number of para-hydroxylation sites is 2. The van der Waals surface area contributed by atoms with Crippen molar-refractivity contribution < 1.29 is 17.9 Å². The second-order valence-electron chi connectivity index (χ2n) is 6.62. The summed E-state index contributed by atoms with van der Waals surface area (Å²) in [5.41, 5.74) is 0. The highest BCUT2D eigenvalue weighted by atomic mass is 35.5. The number of ether oxygens (including phenoxy) is 2. The van der Waals surface area contributed by atoms with Crippen molar-refractivity contribution in [3.05, 3.63) is 72.1 Å². The summed E-state index contributed by atoms with van der Waals surface area (Å²) in [6.45, 7) is 0. The maximum absolute atomic E-state index is 13.2. The van der Waals surface area contributed by atoms with Crippen molar-refractivity contribution in [1.29, 1.82) is 0 Å². The highest BCUT2D eigenvalue weighted by molar-refractivity contribution is 7.98. The van der Waals surface area contributed by atoms with E-state index in [0.29, 0.717) is 11.5 Å². The highest BCUT2D eigenvalue weighted by Gasteiger charge is 2.24. The van der Waals surface area contributed by atoms with Gasteiger partial charge in [-0.3, -0.25) is 4.72 Å². The number of thioether (sulfide) groups is 1. The minimum absolute atomic E-state index is 0.0217. The van der Waals surface area contributed by atoms with Gasteiger partial charge in [-0.05, 0) is 48.7 Å². The summed E-state index contributed by atoms with van der Waals surface area (Å²) >= 11 is 7.94. The fourth-order valence-corrected chi connectivity index (χ4v) is 4.47. The first-order valence-corrected chi connectivity index (χ1v) is 12.8. The minimum Gasteiger partial charge on any atom is -0.493 e. The number of halogens is 1. The molecular weight excluding hydrogens is 498 g/mol. The first kappa shape index (κ1) is 23.7. The summed E-state index contributed by atoms with van der Waals surface area (Å²) in [6, 6.07) is 14.9. The van der Waals surface area contributed by atoms with Crippen LogP contribution in [0, 0.1) is 0 Å². The van der Waals surface area contributed by atoms with Crippen LogP contribution in [-0.4, -0.2) is 41.7 Å². The molecule has 0 bridgehead atoms. The fourth-order valence-electron chi connectivity index (χ4n) is 2.85. The van der Waals surface area contributed by atoms with E-state index in [0.717, 1.165) is 4.90 Å². The first-order valence-electron chi connectivity index (χ1n) is 9.74. The Morgan fingerprint density at radius 3 is 2.24 bits per heavy atom. The number of hydrogen-bond donors (Lipinski definition) is 1. The zero-order chi connectivity index (χ0) is 24.1. The van der Waals surface area contributed by atoms with Crippen molar-refractivity contribution in [2.24, 2.45) is 0 Å². The van der Waals surface area contributed by atoms with Gasteiger partial charge in [-0.1, -0.05) is 23.7 Å². The third-order valence-electron chi connectivity index (χ3n) is 4.47. The molecule has 12 heteroatoms. The van der Waals surface area contributed by atoms with Crippen LogP contribution in [0.1, 0.15) is 0 Å². The quantitative estimate of drug-likeness (QED) is 0.258. The average molecular weight is 516 g/mol. The molecule has 0 radical (unpaired) electrons. The Morgan fingerprint density at radius 1 is 0.912 bits per heavy atom. The number of benzene rings is 2. The fraction of sp³-hybridized carbons (Fsp3) is 0.0909. The van der Waals surface area contributed by atoms with E-state index in [2.05, 4.69) is 24.7 Å². The molecule has 4 aromatic rings. The number of aromatic nitrogens is 4. The predicted molar refractivity (Wildman–Crippen MR) is 130 cm³/mol. The molecular formula is C22H18ClN5O4S2. The van der Waals surface area contributed by atoms with Gasteiger partial charge in [0.05, 0.1) is 12.0 Å². The van der Waals surface area contributed by atoms with Crippen LogP contribution < -0.4 is 14.2 Å². The number of nitrogens with zero attached hydrogens (tertiary/aromatic N) is 4. The lowest BCUT2D eigenvalue weighted by atomic mass is 10.3. The van der Waals surface area contributed by atoms with Gasteiger partial charge in [-0.25, -0.2) is 28.4 Å². The van der Waals surface area contributed by atoms with E-state index in [1.54, 1.807) is 42.5 Å². The number of nitrogens with one attached hydrogen (secondary N) is 1. The van der Waals surface area contributed by atoms with Crippen LogP contribution in [0.5, 0.6) is 17.2 Å². The molecule has 174 valence electrons. The zero-order valence-corrected chi connectivity index (χ0v) is 20.4. The molecule has 9 nitrogen and oxygen atoms in total. The van der Waals surface area contributed by atoms with Gasteiger partial charge in [0.15, 0.2) is 28.3 Å². The van der Waals surface area contributed by atoms with Gasteiger partial charge >= 0.3 is 0 Å². The van der Waals surface area contributed by atoms with Gasteiger partial charge in [0.1, 0.15) is 0 Å². The van der Waals surface area contributed by atoms with Gasteiger partial charge in [-0.2, -0.15) is 0 Å². The van der Waals surface area contributed by atoms with Crippen LogP contribution in [0.2, 0.25) is 5.15 Å². The molecule has 0 fully saturated rings. The molecule has 0 saturated carbocycles. The Kier molecular flexibility index (Phi) is 7.15. The summed E-state index contributed by atoms with van der Waals surface area (Å²) in [6.07, 6.45) is 4.92. The second-order valence-corrected chi connectivity index (χ2v) is 9.54. The van der Waals surface area contributed by atoms with E-state index in [1.165, 1.54) is 43.4 Å². The van der Waals surface area contributed by atoms with Crippen molar-refractivity contribution in [3.8, 4) is 28.9 Å². The molecule has 4 rings (SSSR count). The Balaban J connectivity index is 1.81. The van der Waals surface area contributed by atoms with Gasteiger partial charge in [0, 0.05) is 17.3 Å². The molecule has 34 heavy (non-hydrogen) atoms. The number of anilines is 1. The molecule has 0 atom stereocenters. The average Bonchev–Trinajstić information content (AvgIpc) is 2.86. The first-order chi connectivity index (χ1) is 16.4. The molecule has 0 unspecified atom stereocenters. The normalized spacial score (nSPS) is 11.1. The Hall–Kier alpha value is -3.41. The molecule has 0 aliphatic heterocycles. The molecule has 0 aliphatic rings. The summed E-state index contributed by atoms with van der Waals surface area (Å²) in [4.78, 5) is 17.7. The monoisotopic (exact) mass is 515 g/mol. The van der Waals surface area contributed by atoms with Crippen molar-refractivity contribution in [3.63, 3.8) is 0 Å². The van der Waals surface area contributed by atoms with E-state index >= 15 is 0 Å². The second kappa shape index (κ2) is 10.2. The van der Waals surface area contributed by atoms with Crippen LogP contribution in [0.4, 0.5) is 5.82 Å². The zero-order valence-electron chi connectivity index (χ0n) is 18.0. The lowest BCUT2D eigenvalue weighted by Gasteiger charge is -2.16. The van der Waals surface area contributed by atoms with Gasteiger partial charge in [0.2, 0.25) is 11.6 Å². The van der Waals surface area contributed by atoms with E-state index < -0.39 is 10.0 Å². The molecule has 2 aromatic heterocycles. The lowest BCUT2D eigenvalue weighted by molar-refractivity contribution is 0.378. The van der Waals surface area contributed by atoms with Crippen LogP contribution in [0.15, 0.2) is 76.8 Å². The highest BCUT2D eigenvalue weighted by Crippen LogP contribution is 2.39. The van der Waals surface area contributed by atoms with E-state index in [4.69, 9.17) is 21.1 Å². The third-order valence-corrected chi connectivity index (χ3v) is 6.83. The molecule has 0 spiro atoms. The van der Waals surface area contributed by atoms with Crippen molar-refractivity contribution in [1.82, 2.24) is 19.9 Å². The van der Waals surface area contributed by atoms with Crippen molar-refractivity contribution in [2.45, 2.75) is 9.79 Å².